The molecule has 6 heteroatoms. The summed E-state index contributed by atoms with van der Waals surface area (Å²) in [5, 5.41) is 0.319. The SMILES string of the molecule is CCCOC(=O)[C@@H]1CS[C@@H](c2ccccc2Cl)N1C(=O)CCc1ccccc1. The minimum absolute atomic E-state index is 0.0581. The summed E-state index contributed by atoms with van der Waals surface area (Å²) < 4.78 is 5.35. The normalized spacial score (nSPS) is 18.9. The van der Waals surface area contributed by atoms with Crippen molar-refractivity contribution >= 4 is 35.2 Å². The number of carbonyl (C=O) groups excluding carboxylic acids is 2. The molecule has 0 radical (unpaired) electrons. The monoisotopic (exact) mass is 417 g/mol. The van der Waals surface area contributed by atoms with Gasteiger partial charge in [0.2, 0.25) is 5.91 Å². The Balaban J connectivity index is 1.81. The number of ether oxygens (including phenoxy) is 1. The summed E-state index contributed by atoms with van der Waals surface area (Å²) in [4.78, 5) is 27.4. The first-order valence-electron chi connectivity index (χ1n) is 9.49. The molecule has 1 fully saturated rings. The molecule has 1 heterocycles. The summed E-state index contributed by atoms with van der Waals surface area (Å²) in [7, 11) is 0. The maximum atomic E-state index is 13.2. The van der Waals surface area contributed by atoms with Crippen LogP contribution >= 0.6 is 23.4 Å². The number of amides is 1. The molecule has 0 aromatic heterocycles. The quantitative estimate of drug-likeness (QED) is 0.603. The van der Waals surface area contributed by atoms with Gasteiger partial charge in [-0.05, 0) is 24.5 Å². The van der Waals surface area contributed by atoms with Gasteiger partial charge in [-0.3, -0.25) is 4.79 Å². The van der Waals surface area contributed by atoms with E-state index in [2.05, 4.69) is 0 Å². The van der Waals surface area contributed by atoms with Gasteiger partial charge in [0, 0.05) is 22.8 Å². The van der Waals surface area contributed by atoms with Crippen LogP contribution in [0.5, 0.6) is 0 Å². The second kappa shape index (κ2) is 9.99. The summed E-state index contributed by atoms with van der Waals surface area (Å²) in [5.41, 5.74) is 1.95. The Kier molecular flexibility index (Phi) is 7.40. The molecule has 4 nitrogen and oxygen atoms in total. The Hall–Kier alpha value is -1.98. The van der Waals surface area contributed by atoms with Crippen molar-refractivity contribution in [2.45, 2.75) is 37.6 Å². The zero-order valence-corrected chi connectivity index (χ0v) is 17.4. The lowest BCUT2D eigenvalue weighted by Crippen LogP contribution is -2.44. The second-order valence-electron chi connectivity index (χ2n) is 6.68. The number of hydrogen-bond donors (Lipinski definition) is 0. The molecule has 1 amide bonds. The molecular formula is C22H24ClNO3S. The molecule has 1 aliphatic rings. The molecule has 0 aliphatic carbocycles. The zero-order valence-electron chi connectivity index (χ0n) is 15.8. The van der Waals surface area contributed by atoms with E-state index in [9.17, 15) is 9.59 Å². The van der Waals surface area contributed by atoms with Crippen molar-refractivity contribution < 1.29 is 14.3 Å². The Morgan fingerprint density at radius 3 is 2.57 bits per heavy atom. The second-order valence-corrected chi connectivity index (χ2v) is 8.20. The summed E-state index contributed by atoms with van der Waals surface area (Å²) >= 11 is 7.95. The first-order chi connectivity index (χ1) is 13.6. The van der Waals surface area contributed by atoms with Gasteiger partial charge in [-0.2, -0.15) is 0 Å². The lowest BCUT2D eigenvalue weighted by Gasteiger charge is -2.29. The van der Waals surface area contributed by atoms with Crippen LogP contribution in [0.2, 0.25) is 5.02 Å². The highest BCUT2D eigenvalue weighted by atomic mass is 35.5. The lowest BCUT2D eigenvalue weighted by molar-refractivity contribution is -0.154. The average molecular weight is 418 g/mol. The standard InChI is InChI=1S/C22H24ClNO3S/c1-2-14-27-22(26)19-15-28-21(17-10-6-7-11-18(17)23)24(19)20(25)13-12-16-8-4-3-5-9-16/h3-11,19,21H,2,12-15H2,1H3/t19-,21-/m0/s1. The molecule has 2 aromatic rings. The zero-order chi connectivity index (χ0) is 19.9. The number of benzene rings is 2. The Labute approximate surface area is 175 Å². The van der Waals surface area contributed by atoms with Crippen molar-refractivity contribution in [3.8, 4) is 0 Å². The van der Waals surface area contributed by atoms with Crippen LogP contribution in [0.1, 0.15) is 36.3 Å². The summed E-state index contributed by atoms with van der Waals surface area (Å²) in [5.74, 6) is 0.115. The largest absolute Gasteiger partial charge is 0.464 e. The van der Waals surface area contributed by atoms with Crippen LogP contribution in [0.4, 0.5) is 0 Å². The Morgan fingerprint density at radius 1 is 1.14 bits per heavy atom. The highest BCUT2D eigenvalue weighted by Gasteiger charge is 2.43. The van der Waals surface area contributed by atoms with E-state index in [0.717, 1.165) is 17.5 Å². The minimum Gasteiger partial charge on any atom is -0.464 e. The van der Waals surface area contributed by atoms with Crippen LogP contribution in [0.3, 0.4) is 0 Å². The lowest BCUT2D eigenvalue weighted by atomic mass is 10.1. The molecule has 28 heavy (non-hydrogen) atoms. The number of rotatable bonds is 7. The van der Waals surface area contributed by atoms with Gasteiger partial charge in [0.15, 0.2) is 0 Å². The Bertz CT molecular complexity index is 814. The highest BCUT2D eigenvalue weighted by molar-refractivity contribution is 7.99. The van der Waals surface area contributed by atoms with Crippen molar-refractivity contribution in [2.24, 2.45) is 0 Å². The number of nitrogens with zero attached hydrogens (tertiary/aromatic N) is 1. The molecule has 2 atom stereocenters. The third-order valence-electron chi connectivity index (χ3n) is 4.65. The maximum Gasteiger partial charge on any atom is 0.329 e. The fraction of sp³-hybridized carbons (Fsp3) is 0.364. The van der Waals surface area contributed by atoms with Gasteiger partial charge in [-0.25, -0.2) is 4.79 Å². The molecule has 0 saturated carbocycles. The minimum atomic E-state index is -0.582. The van der Waals surface area contributed by atoms with Gasteiger partial charge >= 0.3 is 5.97 Å². The van der Waals surface area contributed by atoms with Crippen LogP contribution in [0.15, 0.2) is 54.6 Å². The molecule has 0 bridgehead atoms. The van der Waals surface area contributed by atoms with Gasteiger partial charge in [0.1, 0.15) is 11.4 Å². The van der Waals surface area contributed by atoms with E-state index in [4.69, 9.17) is 16.3 Å². The van der Waals surface area contributed by atoms with Gasteiger partial charge in [-0.1, -0.05) is 67.1 Å². The van der Waals surface area contributed by atoms with Crippen LogP contribution in [0.25, 0.3) is 0 Å². The van der Waals surface area contributed by atoms with E-state index in [1.807, 2.05) is 61.5 Å². The first-order valence-corrected chi connectivity index (χ1v) is 10.9. The summed E-state index contributed by atoms with van der Waals surface area (Å²) in [6, 6.07) is 16.8. The molecule has 0 unspecified atom stereocenters. The smallest absolute Gasteiger partial charge is 0.329 e. The number of aryl methyl sites for hydroxylation is 1. The van der Waals surface area contributed by atoms with E-state index >= 15 is 0 Å². The number of esters is 1. The van der Waals surface area contributed by atoms with Crippen molar-refractivity contribution in [3.05, 3.63) is 70.7 Å². The molecule has 0 N–H and O–H groups in total. The molecular weight excluding hydrogens is 394 g/mol. The molecule has 0 spiro atoms. The van der Waals surface area contributed by atoms with E-state index in [-0.39, 0.29) is 17.3 Å². The number of hydrogen-bond acceptors (Lipinski definition) is 4. The van der Waals surface area contributed by atoms with E-state index in [1.165, 1.54) is 0 Å². The molecule has 148 valence electrons. The fourth-order valence-electron chi connectivity index (χ4n) is 3.23. The van der Waals surface area contributed by atoms with Gasteiger partial charge in [-0.15, -0.1) is 11.8 Å². The van der Waals surface area contributed by atoms with Gasteiger partial charge in [0.25, 0.3) is 0 Å². The highest BCUT2D eigenvalue weighted by Crippen LogP contribution is 2.44. The van der Waals surface area contributed by atoms with Crippen LogP contribution in [-0.4, -0.2) is 35.2 Å². The first kappa shape index (κ1) is 20.7. The molecule has 2 aromatic carbocycles. The van der Waals surface area contributed by atoms with Gasteiger partial charge in [0.05, 0.1) is 6.61 Å². The number of carbonyl (C=O) groups is 2. The molecule has 1 saturated heterocycles. The van der Waals surface area contributed by atoms with E-state index < -0.39 is 6.04 Å². The van der Waals surface area contributed by atoms with Crippen molar-refractivity contribution in [1.82, 2.24) is 4.90 Å². The van der Waals surface area contributed by atoms with Crippen LogP contribution in [0, 0.1) is 0 Å². The fourth-order valence-corrected chi connectivity index (χ4v) is 5.01. The molecule has 3 rings (SSSR count). The predicted molar refractivity (Wildman–Crippen MR) is 113 cm³/mol. The third-order valence-corrected chi connectivity index (χ3v) is 6.30. The topological polar surface area (TPSA) is 46.6 Å². The van der Waals surface area contributed by atoms with Crippen molar-refractivity contribution in [3.63, 3.8) is 0 Å². The summed E-state index contributed by atoms with van der Waals surface area (Å²) in [6.45, 7) is 2.31. The van der Waals surface area contributed by atoms with Crippen LogP contribution in [-0.2, 0) is 20.7 Å². The number of halogens is 1. The predicted octanol–water partition coefficient (Wildman–Crippen LogP) is 4.87. The molecule has 1 aliphatic heterocycles. The van der Waals surface area contributed by atoms with E-state index in [1.54, 1.807) is 16.7 Å². The van der Waals surface area contributed by atoms with Crippen molar-refractivity contribution in [2.75, 3.05) is 12.4 Å². The van der Waals surface area contributed by atoms with Crippen molar-refractivity contribution in [1.29, 1.82) is 0 Å². The Morgan fingerprint density at radius 2 is 1.86 bits per heavy atom. The van der Waals surface area contributed by atoms with Crippen LogP contribution < -0.4 is 0 Å². The maximum absolute atomic E-state index is 13.2. The van der Waals surface area contributed by atoms with Gasteiger partial charge < -0.3 is 9.64 Å². The van der Waals surface area contributed by atoms with E-state index in [0.29, 0.717) is 30.2 Å². The third kappa shape index (κ3) is 4.89. The summed E-state index contributed by atoms with van der Waals surface area (Å²) in [6.07, 6.45) is 1.72. The average Bonchev–Trinajstić information content (AvgIpc) is 3.16. The number of thioether (sulfide) groups is 1.